The summed E-state index contributed by atoms with van der Waals surface area (Å²) in [6.45, 7) is 0. The molecule has 0 aliphatic heterocycles. The lowest BCUT2D eigenvalue weighted by Crippen LogP contribution is -2.15. The van der Waals surface area contributed by atoms with E-state index in [9.17, 15) is 12.8 Å². The molecule has 0 radical (unpaired) electrons. The minimum absolute atomic E-state index is 0.0557. The van der Waals surface area contributed by atoms with Crippen LogP contribution in [0, 0.1) is 5.82 Å². The third kappa shape index (κ3) is 3.20. The molecule has 0 fully saturated rings. The molecule has 20 heavy (non-hydrogen) atoms. The van der Waals surface area contributed by atoms with Crippen LogP contribution in [0.5, 0.6) is 0 Å². The molecule has 0 aliphatic carbocycles. The van der Waals surface area contributed by atoms with Gasteiger partial charge in [-0.3, -0.25) is 4.72 Å². The molecule has 0 saturated carbocycles. The summed E-state index contributed by atoms with van der Waals surface area (Å²) in [6.07, 6.45) is 1.24. The van der Waals surface area contributed by atoms with E-state index in [2.05, 4.69) is 25.6 Å². The molecule has 0 spiro atoms. The van der Waals surface area contributed by atoms with E-state index in [-0.39, 0.29) is 21.4 Å². The van der Waals surface area contributed by atoms with E-state index in [1.165, 1.54) is 18.3 Å². The van der Waals surface area contributed by atoms with Crippen molar-refractivity contribution in [3.05, 3.63) is 45.9 Å². The van der Waals surface area contributed by atoms with Crippen LogP contribution >= 0.6 is 27.5 Å². The molecule has 0 bridgehead atoms. The van der Waals surface area contributed by atoms with Gasteiger partial charge in [-0.25, -0.2) is 17.8 Å². The molecule has 0 aliphatic rings. The summed E-state index contributed by atoms with van der Waals surface area (Å²) >= 11 is 8.83. The number of hydrogen-bond acceptors (Lipinski definition) is 4. The van der Waals surface area contributed by atoms with Crippen molar-refractivity contribution < 1.29 is 12.8 Å². The second-order valence-corrected chi connectivity index (χ2v) is 6.65. The second-order valence-electron chi connectivity index (χ2n) is 3.78. The highest BCUT2D eigenvalue weighted by Gasteiger charge is 2.19. The number of nitrogen functional groups attached to an aromatic ring is 1. The standard InChI is InChI=1S/C11H8BrClFN3O2S/c12-8-4-7(5-16-11(8)13)17-20(18,19)10-3-6(14)1-2-9(10)15/h1-5,17H,15H2. The summed E-state index contributed by atoms with van der Waals surface area (Å²) in [6, 6.07) is 4.53. The van der Waals surface area contributed by atoms with Gasteiger partial charge in [-0.1, -0.05) is 11.6 Å². The number of benzene rings is 1. The van der Waals surface area contributed by atoms with Gasteiger partial charge in [0.15, 0.2) is 0 Å². The lowest BCUT2D eigenvalue weighted by molar-refractivity contribution is 0.596. The normalized spacial score (nSPS) is 11.3. The quantitative estimate of drug-likeness (QED) is 0.633. The molecule has 0 amide bonds. The predicted molar refractivity (Wildman–Crippen MR) is 78.6 cm³/mol. The zero-order valence-electron chi connectivity index (χ0n) is 9.77. The van der Waals surface area contributed by atoms with Crippen molar-refractivity contribution in [3.8, 4) is 0 Å². The third-order valence-corrected chi connectivity index (χ3v) is 4.88. The molecule has 0 atom stereocenters. The highest BCUT2D eigenvalue weighted by Crippen LogP contribution is 2.26. The van der Waals surface area contributed by atoms with Crippen LogP contribution in [0.1, 0.15) is 0 Å². The van der Waals surface area contributed by atoms with Crippen LogP contribution in [0.25, 0.3) is 0 Å². The maximum Gasteiger partial charge on any atom is 0.264 e. The van der Waals surface area contributed by atoms with Crippen molar-refractivity contribution in [1.29, 1.82) is 0 Å². The summed E-state index contributed by atoms with van der Waals surface area (Å²) in [5.41, 5.74) is 5.67. The van der Waals surface area contributed by atoms with Crippen LogP contribution in [0.15, 0.2) is 39.8 Å². The fourth-order valence-corrected chi connectivity index (χ4v) is 3.06. The lowest BCUT2D eigenvalue weighted by Gasteiger charge is -2.10. The van der Waals surface area contributed by atoms with Crippen molar-refractivity contribution in [1.82, 2.24) is 4.98 Å². The van der Waals surface area contributed by atoms with E-state index in [1.54, 1.807) is 0 Å². The van der Waals surface area contributed by atoms with E-state index in [1.807, 2.05) is 0 Å². The van der Waals surface area contributed by atoms with Crippen LogP contribution in [-0.2, 0) is 10.0 Å². The maximum atomic E-state index is 13.1. The number of rotatable bonds is 3. The van der Waals surface area contributed by atoms with Gasteiger partial charge < -0.3 is 5.73 Å². The Morgan fingerprint density at radius 1 is 1.35 bits per heavy atom. The van der Waals surface area contributed by atoms with E-state index in [0.717, 1.165) is 12.1 Å². The summed E-state index contributed by atoms with van der Waals surface area (Å²) in [5.74, 6) is -0.699. The predicted octanol–water partition coefficient (Wildman–Crippen LogP) is 3.02. The first-order chi connectivity index (χ1) is 9.29. The van der Waals surface area contributed by atoms with Crippen molar-refractivity contribution >= 4 is 48.9 Å². The van der Waals surface area contributed by atoms with Gasteiger partial charge in [0.25, 0.3) is 10.0 Å². The Hall–Kier alpha value is -1.38. The fourth-order valence-electron chi connectivity index (χ4n) is 1.43. The second kappa shape index (κ2) is 5.55. The van der Waals surface area contributed by atoms with Crippen LogP contribution in [0.2, 0.25) is 5.15 Å². The molecule has 9 heteroatoms. The Morgan fingerprint density at radius 2 is 2.05 bits per heavy atom. The maximum absolute atomic E-state index is 13.1. The number of halogens is 3. The number of nitrogens with zero attached hydrogens (tertiary/aromatic N) is 1. The smallest absolute Gasteiger partial charge is 0.264 e. The van der Waals surface area contributed by atoms with Crippen molar-refractivity contribution in [2.45, 2.75) is 4.90 Å². The average molecular weight is 381 g/mol. The van der Waals surface area contributed by atoms with Crippen molar-refractivity contribution in [2.24, 2.45) is 0 Å². The molecule has 3 N–H and O–H groups in total. The number of aromatic nitrogens is 1. The fraction of sp³-hybridized carbons (Fsp3) is 0. The molecule has 2 aromatic rings. The molecule has 1 heterocycles. The Balaban J connectivity index is 2.40. The number of pyridine rings is 1. The Morgan fingerprint density at radius 3 is 2.70 bits per heavy atom. The minimum Gasteiger partial charge on any atom is -0.398 e. The van der Waals surface area contributed by atoms with E-state index in [4.69, 9.17) is 17.3 Å². The Labute approximate surface area is 128 Å². The summed E-state index contributed by atoms with van der Waals surface area (Å²) in [7, 11) is -4.02. The third-order valence-electron chi connectivity index (χ3n) is 2.31. The zero-order valence-corrected chi connectivity index (χ0v) is 12.9. The van der Waals surface area contributed by atoms with Gasteiger partial charge in [0.1, 0.15) is 15.9 Å². The molecule has 5 nitrogen and oxygen atoms in total. The Bertz CT molecular complexity index is 770. The van der Waals surface area contributed by atoms with Crippen molar-refractivity contribution in [3.63, 3.8) is 0 Å². The molecular formula is C11H8BrClFN3O2S. The summed E-state index contributed by atoms with van der Waals surface area (Å²) in [5, 5.41) is 0.193. The molecule has 1 aromatic heterocycles. The van der Waals surface area contributed by atoms with Crippen LogP contribution in [-0.4, -0.2) is 13.4 Å². The molecule has 106 valence electrons. The largest absolute Gasteiger partial charge is 0.398 e. The van der Waals surface area contributed by atoms with Crippen LogP contribution in [0.3, 0.4) is 0 Å². The number of anilines is 2. The first-order valence-corrected chi connectivity index (χ1v) is 7.84. The SMILES string of the molecule is Nc1ccc(F)cc1S(=O)(=O)Nc1cnc(Cl)c(Br)c1. The van der Waals surface area contributed by atoms with Crippen LogP contribution in [0.4, 0.5) is 15.8 Å². The van der Waals surface area contributed by atoms with Crippen molar-refractivity contribution in [2.75, 3.05) is 10.5 Å². The van der Waals surface area contributed by atoms with Gasteiger partial charge in [-0.05, 0) is 40.2 Å². The summed E-state index contributed by atoms with van der Waals surface area (Å²) in [4.78, 5) is 3.44. The van der Waals surface area contributed by atoms with E-state index < -0.39 is 15.8 Å². The molecule has 0 unspecified atom stereocenters. The number of nitrogens with two attached hydrogens (primary N) is 1. The zero-order chi connectivity index (χ0) is 14.9. The van der Waals surface area contributed by atoms with Gasteiger partial charge in [-0.2, -0.15) is 0 Å². The first-order valence-electron chi connectivity index (χ1n) is 5.18. The van der Waals surface area contributed by atoms with Crippen LogP contribution < -0.4 is 10.5 Å². The van der Waals surface area contributed by atoms with Gasteiger partial charge in [-0.15, -0.1) is 0 Å². The van der Waals surface area contributed by atoms with Gasteiger partial charge in [0.05, 0.1) is 22.0 Å². The highest BCUT2D eigenvalue weighted by molar-refractivity contribution is 9.10. The highest BCUT2D eigenvalue weighted by atomic mass is 79.9. The molecule has 0 saturated heterocycles. The minimum atomic E-state index is -4.02. The number of hydrogen-bond donors (Lipinski definition) is 2. The first kappa shape index (κ1) is 15.0. The van der Waals surface area contributed by atoms with Gasteiger partial charge in [0.2, 0.25) is 0 Å². The number of nitrogens with one attached hydrogen (secondary N) is 1. The molecular weight excluding hydrogens is 373 g/mol. The monoisotopic (exact) mass is 379 g/mol. The topological polar surface area (TPSA) is 85.1 Å². The van der Waals surface area contributed by atoms with E-state index >= 15 is 0 Å². The average Bonchev–Trinajstić information content (AvgIpc) is 2.36. The van der Waals surface area contributed by atoms with Gasteiger partial charge in [0, 0.05) is 0 Å². The number of sulfonamides is 1. The Kier molecular flexibility index (Phi) is 4.17. The van der Waals surface area contributed by atoms with E-state index in [0.29, 0.717) is 4.47 Å². The summed E-state index contributed by atoms with van der Waals surface area (Å²) < 4.78 is 40.1. The van der Waals surface area contributed by atoms with Gasteiger partial charge >= 0.3 is 0 Å². The molecule has 2 rings (SSSR count). The molecule has 1 aromatic carbocycles. The lowest BCUT2D eigenvalue weighted by atomic mass is 10.3.